The van der Waals surface area contributed by atoms with Gasteiger partial charge in [-0.2, -0.15) is 0 Å². The van der Waals surface area contributed by atoms with E-state index in [9.17, 15) is 4.79 Å². The molecular formula is C21H42O5Si2. The molecule has 3 atom stereocenters. The van der Waals surface area contributed by atoms with Crippen LogP contribution in [0.3, 0.4) is 0 Å². The summed E-state index contributed by atoms with van der Waals surface area (Å²) in [6.45, 7) is 26.4. The van der Waals surface area contributed by atoms with Gasteiger partial charge in [0.1, 0.15) is 18.5 Å². The molecule has 28 heavy (non-hydrogen) atoms. The molecular weight excluding hydrogens is 388 g/mol. The Morgan fingerprint density at radius 2 is 1.11 bits per heavy atom. The van der Waals surface area contributed by atoms with E-state index in [1.165, 1.54) is 0 Å². The average Bonchev–Trinajstić information content (AvgIpc) is 2.48. The Balaban J connectivity index is 2.51. The van der Waals surface area contributed by atoms with E-state index in [1.54, 1.807) is 0 Å². The van der Waals surface area contributed by atoms with E-state index in [-0.39, 0.29) is 26.3 Å². The molecule has 0 radical (unpaired) electrons. The topological polar surface area (TPSA) is 54.0 Å². The highest BCUT2D eigenvalue weighted by Crippen LogP contribution is 2.59. The number of fused-ring (bicyclic) bond motifs is 1. The van der Waals surface area contributed by atoms with Crippen molar-refractivity contribution in [2.24, 2.45) is 0 Å². The van der Waals surface area contributed by atoms with E-state index in [2.05, 4.69) is 83.1 Å². The summed E-state index contributed by atoms with van der Waals surface area (Å²) in [4.78, 5) is 12.2. The van der Waals surface area contributed by atoms with Gasteiger partial charge in [0.25, 0.3) is 0 Å². The van der Waals surface area contributed by atoms with E-state index < -0.39 is 29.3 Å². The minimum Gasteiger partial charge on any atom is -0.391 e. The zero-order valence-electron chi connectivity index (χ0n) is 20.1. The first-order chi connectivity index (χ1) is 12.3. The van der Waals surface area contributed by atoms with Crippen LogP contribution in [-0.2, 0) is 22.5 Å². The molecule has 0 aromatic carbocycles. The van der Waals surface area contributed by atoms with E-state index >= 15 is 0 Å². The Morgan fingerprint density at radius 1 is 0.679 bits per heavy atom. The van der Waals surface area contributed by atoms with Crippen LogP contribution >= 0.6 is 0 Å². The number of hydrogen-bond acceptors (Lipinski definition) is 5. The molecule has 0 aromatic rings. The molecule has 2 aliphatic rings. The lowest BCUT2D eigenvalue weighted by Crippen LogP contribution is -2.74. The van der Waals surface area contributed by atoms with Crippen molar-refractivity contribution in [1.29, 1.82) is 0 Å². The van der Waals surface area contributed by atoms with Crippen LogP contribution in [-0.4, -0.2) is 48.3 Å². The van der Waals surface area contributed by atoms with Crippen LogP contribution in [0.25, 0.3) is 0 Å². The Labute approximate surface area is 174 Å². The molecule has 7 heteroatoms. The van der Waals surface area contributed by atoms with Crippen molar-refractivity contribution in [3.05, 3.63) is 0 Å². The van der Waals surface area contributed by atoms with E-state index in [4.69, 9.17) is 17.7 Å². The Hall–Kier alpha value is -0.0562. The van der Waals surface area contributed by atoms with Gasteiger partial charge < -0.3 is 22.5 Å². The summed E-state index contributed by atoms with van der Waals surface area (Å²) in [5, 5.41) is -0.692. The summed E-state index contributed by atoms with van der Waals surface area (Å²) in [7, 11) is -5.49. The molecule has 2 aliphatic heterocycles. The number of carbonyl (C=O) groups excluding carboxylic acids is 1. The lowest BCUT2D eigenvalue weighted by atomic mass is 10.1. The molecule has 2 rings (SSSR count). The van der Waals surface area contributed by atoms with Gasteiger partial charge in [-0.3, -0.25) is 0 Å². The molecule has 0 bridgehead atoms. The summed E-state index contributed by atoms with van der Waals surface area (Å²) in [6.07, 6.45) is -0.389. The Kier molecular flexibility index (Phi) is 6.04. The van der Waals surface area contributed by atoms with Crippen LogP contribution in [0.15, 0.2) is 0 Å². The number of hydrogen-bond donors (Lipinski definition) is 0. The van der Waals surface area contributed by atoms with Gasteiger partial charge in [-0.15, -0.1) is 0 Å². The number of carbonyl (C=O) groups is 1. The third-order valence-electron chi connectivity index (χ3n) is 6.15. The summed E-state index contributed by atoms with van der Waals surface area (Å²) >= 11 is 0. The summed E-state index contributed by atoms with van der Waals surface area (Å²) in [5.74, 6) is 0. The molecule has 0 aliphatic carbocycles. The minimum atomic E-state index is -2.79. The Bertz CT molecular complexity index is 564. The van der Waals surface area contributed by atoms with Gasteiger partial charge >= 0.3 is 17.1 Å². The van der Waals surface area contributed by atoms with Gasteiger partial charge in [0, 0.05) is 20.2 Å². The molecule has 0 saturated carbocycles. The first kappa shape index (κ1) is 24.2. The van der Waals surface area contributed by atoms with Gasteiger partial charge in [0.2, 0.25) is 0 Å². The molecule has 0 aromatic heterocycles. The van der Waals surface area contributed by atoms with Crippen LogP contribution in [0.1, 0.15) is 83.1 Å². The highest BCUT2D eigenvalue weighted by atomic mass is 28.4. The monoisotopic (exact) mass is 430 g/mol. The van der Waals surface area contributed by atoms with E-state index in [1.807, 2.05) is 0 Å². The third kappa shape index (κ3) is 3.60. The number of rotatable bonds is 1. The van der Waals surface area contributed by atoms with Crippen molar-refractivity contribution in [2.45, 2.75) is 122 Å². The fourth-order valence-corrected chi connectivity index (χ4v) is 15.2. The maximum absolute atomic E-state index is 12.2. The predicted octanol–water partition coefficient (Wildman–Crippen LogP) is 5.47. The lowest BCUT2D eigenvalue weighted by Gasteiger charge is -2.61. The second-order valence-electron chi connectivity index (χ2n) is 12.5. The highest BCUT2D eigenvalue weighted by molar-refractivity contribution is 6.74. The number of aldehydes is 1. The molecule has 0 amide bonds. The second kappa shape index (κ2) is 6.99. The second-order valence-corrected chi connectivity index (χ2v) is 22.0. The lowest BCUT2D eigenvalue weighted by molar-refractivity contribution is -0.163. The van der Waals surface area contributed by atoms with Gasteiger partial charge in [-0.1, -0.05) is 83.1 Å². The first-order valence-electron chi connectivity index (χ1n) is 10.5. The molecule has 0 N–H and O–H groups in total. The van der Waals surface area contributed by atoms with Crippen LogP contribution in [0, 0.1) is 0 Å². The quantitative estimate of drug-likeness (QED) is 0.408. The van der Waals surface area contributed by atoms with E-state index in [0.29, 0.717) is 6.61 Å². The molecule has 2 heterocycles. The SMILES string of the molecule is CC(C)(C)[Si]1(C(C)(C)C)OC[C@H]2O[Si](C(C)(C)C)(C(C)(C)C)O[C@H](C=O)[C@H]2O1. The molecule has 2 saturated heterocycles. The third-order valence-corrected chi connectivity index (χ3v) is 16.5. The van der Waals surface area contributed by atoms with Gasteiger partial charge in [0.15, 0.2) is 0 Å². The van der Waals surface area contributed by atoms with Crippen molar-refractivity contribution in [1.82, 2.24) is 0 Å². The zero-order valence-corrected chi connectivity index (χ0v) is 22.1. The normalized spacial score (nSPS) is 31.2. The first-order valence-corrected chi connectivity index (χ1v) is 14.1. The molecule has 0 spiro atoms. The summed E-state index contributed by atoms with van der Waals surface area (Å²) in [5.41, 5.74) is 0. The van der Waals surface area contributed by atoms with Crippen LogP contribution in [0.2, 0.25) is 20.2 Å². The maximum Gasteiger partial charge on any atom is 0.350 e. The van der Waals surface area contributed by atoms with Crippen molar-refractivity contribution in [2.75, 3.05) is 6.61 Å². The van der Waals surface area contributed by atoms with Crippen LogP contribution in [0.4, 0.5) is 0 Å². The minimum absolute atomic E-state index is 0.149. The maximum atomic E-state index is 12.2. The van der Waals surface area contributed by atoms with Crippen LogP contribution in [0.5, 0.6) is 0 Å². The largest absolute Gasteiger partial charge is 0.391 e. The van der Waals surface area contributed by atoms with Gasteiger partial charge in [-0.25, -0.2) is 0 Å². The zero-order chi connectivity index (χ0) is 22.0. The van der Waals surface area contributed by atoms with E-state index in [0.717, 1.165) is 6.29 Å². The van der Waals surface area contributed by atoms with Crippen LogP contribution < -0.4 is 0 Å². The average molecular weight is 431 g/mol. The smallest absolute Gasteiger partial charge is 0.350 e. The summed E-state index contributed by atoms with van der Waals surface area (Å²) < 4.78 is 26.8. The van der Waals surface area contributed by atoms with Crippen molar-refractivity contribution in [3.8, 4) is 0 Å². The van der Waals surface area contributed by atoms with Crippen molar-refractivity contribution < 1.29 is 22.5 Å². The fraction of sp³-hybridized carbons (Fsp3) is 0.952. The molecule has 164 valence electrons. The van der Waals surface area contributed by atoms with Crippen molar-refractivity contribution >= 4 is 23.4 Å². The Morgan fingerprint density at radius 3 is 1.46 bits per heavy atom. The highest BCUT2D eigenvalue weighted by Gasteiger charge is 2.69. The molecule has 0 unspecified atom stereocenters. The standard InChI is InChI=1S/C21H42O5Si2/c1-18(2,3)27(19(4,5)6)23-14-16-17(26-27)15(13-22)24-28(25-16,20(7,8)9)21(10,11)12/h13,15-17H,14H2,1-12H3/t15-,16-,17-/m1/s1. The predicted molar refractivity (Wildman–Crippen MR) is 117 cm³/mol. The van der Waals surface area contributed by atoms with Gasteiger partial charge in [-0.05, 0) is 0 Å². The molecule has 2 fully saturated rings. The summed E-state index contributed by atoms with van der Waals surface area (Å²) in [6, 6.07) is 0. The van der Waals surface area contributed by atoms with Gasteiger partial charge in [0.05, 0.1) is 12.7 Å². The van der Waals surface area contributed by atoms with Crippen molar-refractivity contribution in [3.63, 3.8) is 0 Å². The fourth-order valence-electron chi connectivity index (χ4n) is 5.32. The molecule has 5 nitrogen and oxygen atoms in total.